The number of nitrogens with zero attached hydrogens (tertiary/aromatic N) is 3. The van der Waals surface area contributed by atoms with Gasteiger partial charge < -0.3 is 9.67 Å². The van der Waals surface area contributed by atoms with Crippen molar-refractivity contribution in [2.45, 2.75) is 25.8 Å². The van der Waals surface area contributed by atoms with Gasteiger partial charge in [0.2, 0.25) is 5.78 Å². The lowest BCUT2D eigenvalue weighted by atomic mass is 9.87. The number of ketones is 1. The van der Waals surface area contributed by atoms with Crippen LogP contribution in [0, 0.1) is 12.7 Å². The van der Waals surface area contributed by atoms with Gasteiger partial charge in [-0.1, -0.05) is 51.8 Å². The van der Waals surface area contributed by atoms with Crippen LogP contribution in [0.4, 0.5) is 4.39 Å². The number of rotatable bonds is 8. The molecular formula is C24H23BrFN3O2. The SMILES string of the molecule is C/N=C\C(=O)/C(O)=C/c1nccn1CC[C@H](c1cccc(C)c1)c1ccc(F)cc1Br. The number of hydrogen-bond donors (Lipinski definition) is 1. The Hall–Kier alpha value is -3.06. The minimum atomic E-state index is -0.579. The Morgan fingerprint density at radius 3 is 2.84 bits per heavy atom. The summed E-state index contributed by atoms with van der Waals surface area (Å²) < 4.78 is 16.3. The number of imidazole rings is 1. The van der Waals surface area contributed by atoms with Crippen LogP contribution in [0.1, 0.15) is 34.9 Å². The lowest BCUT2D eigenvalue weighted by Crippen LogP contribution is -2.10. The van der Waals surface area contributed by atoms with Crippen LogP contribution in [0.15, 0.2) is 70.1 Å². The van der Waals surface area contributed by atoms with Gasteiger partial charge in [-0.25, -0.2) is 9.37 Å². The van der Waals surface area contributed by atoms with Gasteiger partial charge in [-0.3, -0.25) is 9.79 Å². The molecule has 7 heteroatoms. The molecule has 0 radical (unpaired) electrons. The third-order valence-electron chi connectivity index (χ3n) is 4.95. The zero-order valence-electron chi connectivity index (χ0n) is 17.3. The molecule has 0 aliphatic rings. The summed E-state index contributed by atoms with van der Waals surface area (Å²) in [4.78, 5) is 19.6. The van der Waals surface area contributed by atoms with Crippen molar-refractivity contribution in [2.24, 2.45) is 4.99 Å². The Morgan fingerprint density at radius 1 is 1.32 bits per heavy atom. The number of aliphatic hydroxyl groups excluding tert-OH is 1. The molecule has 1 atom stereocenters. The number of allylic oxidation sites excluding steroid dienone is 1. The fourth-order valence-electron chi connectivity index (χ4n) is 3.47. The van der Waals surface area contributed by atoms with E-state index in [0.717, 1.165) is 22.9 Å². The predicted octanol–water partition coefficient (Wildman–Crippen LogP) is 5.48. The smallest absolute Gasteiger partial charge is 0.237 e. The fraction of sp³-hybridized carbons (Fsp3) is 0.208. The molecule has 1 heterocycles. The predicted molar refractivity (Wildman–Crippen MR) is 124 cm³/mol. The largest absolute Gasteiger partial charge is 0.504 e. The van der Waals surface area contributed by atoms with Crippen LogP contribution < -0.4 is 0 Å². The second-order valence-corrected chi connectivity index (χ2v) is 8.04. The fourth-order valence-corrected chi connectivity index (χ4v) is 4.09. The zero-order chi connectivity index (χ0) is 22.4. The van der Waals surface area contributed by atoms with E-state index in [0.29, 0.717) is 23.3 Å². The molecule has 5 nitrogen and oxygen atoms in total. The van der Waals surface area contributed by atoms with E-state index in [9.17, 15) is 14.3 Å². The zero-order valence-corrected chi connectivity index (χ0v) is 18.9. The molecule has 0 bridgehead atoms. The van der Waals surface area contributed by atoms with Gasteiger partial charge in [0.05, 0.1) is 6.21 Å². The van der Waals surface area contributed by atoms with Crippen LogP contribution in [-0.2, 0) is 11.3 Å². The number of hydrogen-bond acceptors (Lipinski definition) is 4. The summed E-state index contributed by atoms with van der Waals surface area (Å²) in [5.41, 5.74) is 3.26. The molecule has 2 aromatic carbocycles. The summed E-state index contributed by atoms with van der Waals surface area (Å²) in [5.74, 6) is -0.816. The van der Waals surface area contributed by atoms with Gasteiger partial charge in [-0.2, -0.15) is 0 Å². The molecule has 3 aromatic rings. The first-order valence-corrected chi connectivity index (χ1v) is 10.6. The number of halogens is 2. The second kappa shape index (κ2) is 10.3. The van der Waals surface area contributed by atoms with Crippen LogP contribution in [0.25, 0.3) is 6.08 Å². The van der Waals surface area contributed by atoms with Gasteiger partial charge in [0.25, 0.3) is 0 Å². The number of benzene rings is 2. The highest BCUT2D eigenvalue weighted by atomic mass is 79.9. The Labute approximate surface area is 189 Å². The first-order chi connectivity index (χ1) is 14.9. The maximum atomic E-state index is 13.7. The normalized spacial score (nSPS) is 13.0. The number of carbonyl (C=O) groups is 1. The summed E-state index contributed by atoms with van der Waals surface area (Å²) in [5, 5.41) is 10.00. The number of carbonyl (C=O) groups excluding carboxylic acids is 1. The standard InChI is InChI=1S/C24H23BrFN3O2/c1-16-4-3-5-17(12-16)19(20-7-6-18(26)13-21(20)25)8-10-29-11-9-28-24(29)14-22(30)23(31)15-27-2/h3-7,9,11-15,19,30H,8,10H2,1-2H3/b22-14-,27-15-/t19-/m1/s1. The molecular weight excluding hydrogens is 461 g/mol. The van der Waals surface area contributed by atoms with Crippen molar-refractivity contribution in [1.82, 2.24) is 9.55 Å². The molecule has 1 aromatic heterocycles. The van der Waals surface area contributed by atoms with E-state index in [2.05, 4.69) is 38.0 Å². The highest BCUT2D eigenvalue weighted by Gasteiger charge is 2.18. The molecule has 0 saturated carbocycles. The van der Waals surface area contributed by atoms with Crippen molar-refractivity contribution in [3.05, 3.63) is 93.4 Å². The van der Waals surface area contributed by atoms with E-state index >= 15 is 0 Å². The quantitative estimate of drug-likeness (QED) is 0.262. The van der Waals surface area contributed by atoms with Crippen molar-refractivity contribution in [3.8, 4) is 0 Å². The maximum absolute atomic E-state index is 13.7. The van der Waals surface area contributed by atoms with Gasteiger partial charge in [-0.05, 0) is 36.6 Å². The van der Waals surface area contributed by atoms with E-state index in [1.807, 2.05) is 23.6 Å². The summed E-state index contributed by atoms with van der Waals surface area (Å²) in [6, 6.07) is 13.0. The Kier molecular flexibility index (Phi) is 7.52. The van der Waals surface area contributed by atoms with Crippen molar-refractivity contribution in [3.63, 3.8) is 0 Å². The molecule has 0 saturated heterocycles. The summed E-state index contributed by atoms with van der Waals surface area (Å²) in [6.07, 6.45) is 6.51. The molecule has 1 N–H and O–H groups in total. The number of Topliss-reactive ketones (excluding diaryl/α,β-unsaturated/α-hetero) is 1. The third kappa shape index (κ3) is 5.76. The minimum absolute atomic E-state index is 0.0107. The van der Waals surface area contributed by atoms with E-state index in [1.54, 1.807) is 18.5 Å². The summed E-state index contributed by atoms with van der Waals surface area (Å²) in [6.45, 7) is 2.62. The Bertz CT molecular complexity index is 1140. The van der Waals surface area contributed by atoms with E-state index in [1.165, 1.54) is 25.3 Å². The molecule has 0 amide bonds. The van der Waals surface area contributed by atoms with Crippen LogP contribution in [0.5, 0.6) is 0 Å². The number of aromatic nitrogens is 2. The van der Waals surface area contributed by atoms with Crippen LogP contribution in [-0.4, -0.2) is 33.7 Å². The third-order valence-corrected chi connectivity index (χ3v) is 5.64. The summed E-state index contributed by atoms with van der Waals surface area (Å²) in [7, 11) is 1.46. The van der Waals surface area contributed by atoms with Crippen LogP contribution >= 0.6 is 15.9 Å². The number of aliphatic hydroxyl groups is 1. The van der Waals surface area contributed by atoms with Gasteiger partial charge in [0.1, 0.15) is 11.6 Å². The van der Waals surface area contributed by atoms with Crippen molar-refractivity contribution >= 4 is 34.0 Å². The molecule has 0 unspecified atom stereocenters. The molecule has 0 aliphatic heterocycles. The average molecular weight is 484 g/mol. The number of aliphatic imine (C=N–C) groups is 1. The molecule has 0 fully saturated rings. The average Bonchev–Trinajstić information content (AvgIpc) is 3.16. The highest BCUT2D eigenvalue weighted by Crippen LogP contribution is 2.34. The molecule has 0 spiro atoms. The highest BCUT2D eigenvalue weighted by molar-refractivity contribution is 9.10. The Balaban J connectivity index is 1.90. The minimum Gasteiger partial charge on any atom is -0.504 e. The van der Waals surface area contributed by atoms with E-state index in [-0.39, 0.29) is 11.7 Å². The first-order valence-electron chi connectivity index (χ1n) is 9.79. The van der Waals surface area contributed by atoms with Crippen molar-refractivity contribution in [2.75, 3.05) is 7.05 Å². The van der Waals surface area contributed by atoms with Crippen LogP contribution in [0.2, 0.25) is 0 Å². The molecule has 160 valence electrons. The summed E-state index contributed by atoms with van der Waals surface area (Å²) >= 11 is 3.51. The lowest BCUT2D eigenvalue weighted by Gasteiger charge is -2.21. The second-order valence-electron chi connectivity index (χ2n) is 7.18. The van der Waals surface area contributed by atoms with Crippen molar-refractivity contribution < 1.29 is 14.3 Å². The maximum Gasteiger partial charge on any atom is 0.237 e. The Morgan fingerprint density at radius 2 is 2.13 bits per heavy atom. The monoisotopic (exact) mass is 483 g/mol. The van der Waals surface area contributed by atoms with Gasteiger partial charge in [-0.15, -0.1) is 0 Å². The van der Waals surface area contributed by atoms with Crippen molar-refractivity contribution in [1.29, 1.82) is 0 Å². The number of aryl methyl sites for hydroxylation is 2. The molecule has 31 heavy (non-hydrogen) atoms. The topological polar surface area (TPSA) is 67.5 Å². The lowest BCUT2D eigenvalue weighted by molar-refractivity contribution is -0.111. The van der Waals surface area contributed by atoms with E-state index in [4.69, 9.17) is 0 Å². The first kappa shape index (κ1) is 22.6. The van der Waals surface area contributed by atoms with Crippen LogP contribution in [0.3, 0.4) is 0 Å². The van der Waals surface area contributed by atoms with E-state index < -0.39 is 11.5 Å². The molecule has 0 aliphatic carbocycles. The van der Waals surface area contributed by atoms with Gasteiger partial charge in [0, 0.05) is 42.5 Å². The van der Waals surface area contributed by atoms with Gasteiger partial charge >= 0.3 is 0 Å². The van der Waals surface area contributed by atoms with Gasteiger partial charge in [0.15, 0.2) is 5.76 Å². The molecule has 3 rings (SSSR count).